The van der Waals surface area contributed by atoms with E-state index in [4.69, 9.17) is 11.6 Å². The smallest absolute Gasteiger partial charge is 0.279 e. The SMILES string of the molecule is C=C(F)C(=O)NCC1CC(=O)N(c2ccc(Cl)cc2)C1. The molecule has 0 radical (unpaired) electrons. The number of halogens is 2. The largest absolute Gasteiger partial charge is 0.350 e. The van der Waals surface area contributed by atoms with E-state index in [1.807, 2.05) is 0 Å². The van der Waals surface area contributed by atoms with E-state index in [1.54, 1.807) is 29.2 Å². The van der Waals surface area contributed by atoms with Gasteiger partial charge in [-0.05, 0) is 24.3 Å². The van der Waals surface area contributed by atoms with Gasteiger partial charge in [0.05, 0.1) is 0 Å². The number of benzene rings is 1. The lowest BCUT2D eigenvalue weighted by atomic mass is 10.1. The molecule has 2 amide bonds. The molecule has 0 spiro atoms. The molecule has 1 saturated heterocycles. The highest BCUT2D eigenvalue weighted by atomic mass is 35.5. The van der Waals surface area contributed by atoms with Crippen LogP contribution in [0.5, 0.6) is 0 Å². The fourth-order valence-electron chi connectivity index (χ4n) is 2.12. The van der Waals surface area contributed by atoms with Crippen molar-refractivity contribution in [1.82, 2.24) is 5.32 Å². The highest BCUT2D eigenvalue weighted by molar-refractivity contribution is 6.30. The van der Waals surface area contributed by atoms with E-state index in [0.29, 0.717) is 18.0 Å². The van der Waals surface area contributed by atoms with Gasteiger partial charge in [-0.15, -0.1) is 0 Å². The van der Waals surface area contributed by atoms with Crippen LogP contribution < -0.4 is 10.2 Å². The zero-order valence-electron chi connectivity index (χ0n) is 10.7. The Morgan fingerprint density at radius 3 is 2.70 bits per heavy atom. The number of carbonyl (C=O) groups excluding carboxylic acids is 2. The van der Waals surface area contributed by atoms with Crippen LogP contribution in [-0.4, -0.2) is 24.9 Å². The minimum atomic E-state index is -1.02. The molecule has 1 atom stereocenters. The molecule has 0 saturated carbocycles. The summed E-state index contributed by atoms with van der Waals surface area (Å²) >= 11 is 5.80. The van der Waals surface area contributed by atoms with Gasteiger partial charge in [0.25, 0.3) is 5.91 Å². The molecule has 1 aliphatic rings. The zero-order chi connectivity index (χ0) is 14.7. The van der Waals surface area contributed by atoms with Crippen molar-refractivity contribution in [3.05, 3.63) is 41.7 Å². The Balaban J connectivity index is 1.95. The van der Waals surface area contributed by atoms with E-state index >= 15 is 0 Å². The number of anilines is 1. The lowest BCUT2D eigenvalue weighted by Gasteiger charge is -2.17. The molecule has 20 heavy (non-hydrogen) atoms. The first-order chi connectivity index (χ1) is 9.47. The van der Waals surface area contributed by atoms with Crippen molar-refractivity contribution in [2.75, 3.05) is 18.0 Å². The topological polar surface area (TPSA) is 49.4 Å². The number of carbonyl (C=O) groups is 2. The van der Waals surface area contributed by atoms with E-state index in [9.17, 15) is 14.0 Å². The standard InChI is InChI=1S/C14H14ClFN2O2/c1-9(16)14(20)17-7-10-6-13(19)18(8-10)12-4-2-11(15)3-5-12/h2-5,10H,1,6-8H2,(H,17,20). The Kier molecular flexibility index (Phi) is 4.39. The maximum Gasteiger partial charge on any atom is 0.279 e. The second-order valence-electron chi connectivity index (χ2n) is 4.67. The predicted octanol–water partition coefficient (Wildman–Crippen LogP) is 2.29. The summed E-state index contributed by atoms with van der Waals surface area (Å²) in [5.41, 5.74) is 0.767. The van der Waals surface area contributed by atoms with E-state index in [0.717, 1.165) is 5.69 Å². The molecule has 1 aromatic rings. The summed E-state index contributed by atoms with van der Waals surface area (Å²) in [7, 11) is 0. The highest BCUT2D eigenvalue weighted by Gasteiger charge is 2.30. The van der Waals surface area contributed by atoms with E-state index in [2.05, 4.69) is 11.9 Å². The van der Waals surface area contributed by atoms with Crippen molar-refractivity contribution in [2.45, 2.75) is 6.42 Å². The van der Waals surface area contributed by atoms with Crippen molar-refractivity contribution >= 4 is 29.1 Å². The Bertz CT molecular complexity index is 545. The average Bonchev–Trinajstić information content (AvgIpc) is 2.78. The molecule has 4 nitrogen and oxygen atoms in total. The van der Waals surface area contributed by atoms with Gasteiger partial charge in [0, 0.05) is 36.1 Å². The maximum atomic E-state index is 12.5. The molecule has 6 heteroatoms. The van der Waals surface area contributed by atoms with E-state index in [1.165, 1.54) is 0 Å². The third kappa shape index (κ3) is 3.36. The monoisotopic (exact) mass is 296 g/mol. The molecule has 0 aromatic heterocycles. The summed E-state index contributed by atoms with van der Waals surface area (Å²) in [5.74, 6) is -1.92. The Morgan fingerprint density at radius 2 is 2.10 bits per heavy atom. The van der Waals surface area contributed by atoms with Gasteiger partial charge in [0.15, 0.2) is 5.83 Å². The van der Waals surface area contributed by atoms with Gasteiger partial charge < -0.3 is 10.2 Å². The summed E-state index contributed by atoms with van der Waals surface area (Å²) in [4.78, 5) is 24.6. The van der Waals surface area contributed by atoms with Gasteiger partial charge in [0.2, 0.25) is 5.91 Å². The Hall–Kier alpha value is -1.88. The van der Waals surface area contributed by atoms with Crippen LogP contribution in [0.3, 0.4) is 0 Å². The van der Waals surface area contributed by atoms with Gasteiger partial charge >= 0.3 is 0 Å². The second-order valence-corrected chi connectivity index (χ2v) is 5.10. The van der Waals surface area contributed by atoms with Crippen LogP contribution in [0.15, 0.2) is 36.7 Å². The molecule has 1 aromatic carbocycles. The molecular weight excluding hydrogens is 283 g/mol. The van der Waals surface area contributed by atoms with Crippen molar-refractivity contribution in [3.63, 3.8) is 0 Å². The summed E-state index contributed by atoms with van der Waals surface area (Å²) in [6.45, 7) is 3.65. The van der Waals surface area contributed by atoms with Crippen molar-refractivity contribution in [3.8, 4) is 0 Å². The molecule has 2 rings (SSSR count). The minimum Gasteiger partial charge on any atom is -0.350 e. The number of hydrogen-bond donors (Lipinski definition) is 1. The van der Waals surface area contributed by atoms with Crippen LogP contribution in [0, 0.1) is 5.92 Å². The first-order valence-corrected chi connectivity index (χ1v) is 6.53. The molecule has 1 fully saturated rings. The van der Waals surface area contributed by atoms with Crippen LogP contribution in [0.4, 0.5) is 10.1 Å². The van der Waals surface area contributed by atoms with Crippen LogP contribution in [0.25, 0.3) is 0 Å². The Labute approximate surface area is 121 Å². The first-order valence-electron chi connectivity index (χ1n) is 6.16. The fraction of sp³-hybridized carbons (Fsp3) is 0.286. The zero-order valence-corrected chi connectivity index (χ0v) is 11.5. The minimum absolute atomic E-state index is 0.0225. The van der Waals surface area contributed by atoms with Crippen LogP contribution >= 0.6 is 11.6 Å². The lowest BCUT2D eigenvalue weighted by molar-refractivity contribution is -0.119. The average molecular weight is 297 g/mol. The summed E-state index contributed by atoms with van der Waals surface area (Å²) in [6, 6.07) is 6.97. The van der Waals surface area contributed by atoms with Crippen molar-refractivity contribution in [1.29, 1.82) is 0 Å². The van der Waals surface area contributed by atoms with Crippen LogP contribution in [0.1, 0.15) is 6.42 Å². The second kappa shape index (κ2) is 6.05. The van der Waals surface area contributed by atoms with Crippen molar-refractivity contribution < 1.29 is 14.0 Å². The molecule has 0 bridgehead atoms. The number of hydrogen-bond acceptors (Lipinski definition) is 2. The molecule has 1 unspecified atom stereocenters. The molecule has 1 aliphatic heterocycles. The van der Waals surface area contributed by atoms with Gasteiger partial charge in [-0.3, -0.25) is 9.59 Å². The van der Waals surface area contributed by atoms with Crippen LogP contribution in [0.2, 0.25) is 5.02 Å². The third-order valence-electron chi connectivity index (χ3n) is 3.14. The van der Waals surface area contributed by atoms with Crippen LogP contribution in [-0.2, 0) is 9.59 Å². The highest BCUT2D eigenvalue weighted by Crippen LogP contribution is 2.25. The molecule has 106 valence electrons. The Morgan fingerprint density at radius 1 is 1.45 bits per heavy atom. The molecular formula is C14H14ClFN2O2. The first kappa shape index (κ1) is 14.5. The predicted molar refractivity (Wildman–Crippen MR) is 75.2 cm³/mol. The van der Waals surface area contributed by atoms with Crippen molar-refractivity contribution in [2.24, 2.45) is 5.92 Å². The number of nitrogens with zero attached hydrogens (tertiary/aromatic N) is 1. The number of rotatable bonds is 4. The van der Waals surface area contributed by atoms with Gasteiger partial charge in [0.1, 0.15) is 0 Å². The van der Waals surface area contributed by atoms with Gasteiger partial charge in [-0.2, -0.15) is 0 Å². The molecule has 1 N–H and O–H groups in total. The lowest BCUT2D eigenvalue weighted by Crippen LogP contribution is -2.31. The molecule has 1 heterocycles. The summed E-state index contributed by atoms with van der Waals surface area (Å²) in [6.07, 6.45) is 0.321. The summed E-state index contributed by atoms with van der Waals surface area (Å²) < 4.78 is 12.5. The molecule has 0 aliphatic carbocycles. The quantitative estimate of drug-likeness (QED) is 0.867. The van der Waals surface area contributed by atoms with E-state index in [-0.39, 0.29) is 18.4 Å². The number of nitrogens with one attached hydrogen (secondary N) is 1. The summed E-state index contributed by atoms with van der Waals surface area (Å²) in [5, 5.41) is 3.01. The number of amides is 2. The normalized spacial score (nSPS) is 18.2. The van der Waals surface area contributed by atoms with Gasteiger partial charge in [-0.1, -0.05) is 18.2 Å². The van der Waals surface area contributed by atoms with E-state index < -0.39 is 11.7 Å². The fourth-order valence-corrected chi connectivity index (χ4v) is 2.25. The third-order valence-corrected chi connectivity index (χ3v) is 3.39. The maximum absolute atomic E-state index is 12.5. The van der Waals surface area contributed by atoms with Gasteiger partial charge in [-0.25, -0.2) is 4.39 Å².